The number of aromatic nitrogens is 2. The van der Waals surface area contributed by atoms with Crippen molar-refractivity contribution < 1.29 is 4.74 Å². The number of H-pyrrole nitrogens is 1. The fourth-order valence-corrected chi connectivity index (χ4v) is 2.42. The Morgan fingerprint density at radius 3 is 2.69 bits per heavy atom. The number of fused-ring (bicyclic) bond motifs is 1. The zero-order chi connectivity index (χ0) is 9.00. The molecular formula is C9H13N3O. The van der Waals surface area contributed by atoms with Crippen molar-refractivity contribution in [3.05, 3.63) is 11.3 Å². The van der Waals surface area contributed by atoms with Crippen LogP contribution in [0.1, 0.15) is 17.2 Å². The predicted molar refractivity (Wildman–Crippen MR) is 48.3 cm³/mol. The minimum absolute atomic E-state index is 0.638. The molecule has 0 aromatic carbocycles. The summed E-state index contributed by atoms with van der Waals surface area (Å²) in [6.45, 7) is 3.85. The number of hydrogen-bond acceptors (Lipinski definition) is 3. The molecule has 0 radical (unpaired) electrons. The van der Waals surface area contributed by atoms with Gasteiger partial charge in [0.2, 0.25) is 0 Å². The van der Waals surface area contributed by atoms with E-state index in [1.165, 1.54) is 5.69 Å². The van der Waals surface area contributed by atoms with Gasteiger partial charge in [-0.1, -0.05) is 0 Å². The molecule has 1 saturated heterocycles. The van der Waals surface area contributed by atoms with Crippen LogP contribution in [-0.4, -0.2) is 23.4 Å². The lowest BCUT2D eigenvalue weighted by Gasteiger charge is -2.02. The smallest absolute Gasteiger partial charge is 0.148 e. The van der Waals surface area contributed by atoms with Crippen molar-refractivity contribution in [2.45, 2.75) is 12.8 Å². The minimum atomic E-state index is 0.638. The molecule has 13 heavy (non-hydrogen) atoms. The predicted octanol–water partition coefficient (Wildman–Crippen LogP) is 0.660. The molecule has 3 N–H and O–H groups in total. The maximum absolute atomic E-state index is 5.68. The van der Waals surface area contributed by atoms with Crippen molar-refractivity contribution in [1.82, 2.24) is 10.2 Å². The van der Waals surface area contributed by atoms with Crippen LogP contribution in [0.3, 0.4) is 0 Å². The van der Waals surface area contributed by atoms with Crippen LogP contribution in [0.15, 0.2) is 0 Å². The van der Waals surface area contributed by atoms with E-state index in [4.69, 9.17) is 10.5 Å². The fraction of sp³-hybridized carbons (Fsp3) is 0.667. The van der Waals surface area contributed by atoms with Crippen LogP contribution in [0.4, 0.5) is 5.82 Å². The maximum atomic E-state index is 5.68. The van der Waals surface area contributed by atoms with Crippen molar-refractivity contribution in [3.8, 4) is 0 Å². The van der Waals surface area contributed by atoms with Gasteiger partial charge in [-0.05, 0) is 18.8 Å². The molecule has 2 unspecified atom stereocenters. The summed E-state index contributed by atoms with van der Waals surface area (Å²) >= 11 is 0. The molecule has 1 aliphatic heterocycles. The third-order valence-electron chi connectivity index (χ3n) is 3.37. The summed E-state index contributed by atoms with van der Waals surface area (Å²) in [5.74, 6) is 2.72. The summed E-state index contributed by atoms with van der Waals surface area (Å²) in [6, 6.07) is 0. The second-order valence-corrected chi connectivity index (χ2v) is 4.04. The highest BCUT2D eigenvalue weighted by molar-refractivity contribution is 5.44. The molecule has 4 heteroatoms. The number of nitrogens with one attached hydrogen (secondary N) is 1. The highest BCUT2D eigenvalue weighted by Crippen LogP contribution is 2.57. The van der Waals surface area contributed by atoms with Gasteiger partial charge in [-0.2, -0.15) is 5.10 Å². The van der Waals surface area contributed by atoms with E-state index in [-0.39, 0.29) is 0 Å². The van der Waals surface area contributed by atoms with Crippen molar-refractivity contribution in [1.29, 1.82) is 0 Å². The van der Waals surface area contributed by atoms with E-state index in [1.807, 2.05) is 6.92 Å². The van der Waals surface area contributed by atoms with Crippen molar-refractivity contribution in [2.75, 3.05) is 18.9 Å². The quantitative estimate of drug-likeness (QED) is 0.665. The van der Waals surface area contributed by atoms with Gasteiger partial charge in [-0.25, -0.2) is 0 Å². The molecule has 1 aliphatic carbocycles. The van der Waals surface area contributed by atoms with Gasteiger partial charge in [-0.3, -0.25) is 5.10 Å². The topological polar surface area (TPSA) is 63.9 Å². The van der Waals surface area contributed by atoms with Crippen molar-refractivity contribution in [2.24, 2.45) is 11.8 Å². The second-order valence-electron chi connectivity index (χ2n) is 4.04. The van der Waals surface area contributed by atoms with E-state index in [2.05, 4.69) is 10.2 Å². The molecule has 2 atom stereocenters. The van der Waals surface area contributed by atoms with E-state index in [1.54, 1.807) is 0 Å². The Morgan fingerprint density at radius 1 is 1.46 bits per heavy atom. The molecule has 1 aromatic heterocycles. The Balaban J connectivity index is 1.91. The van der Waals surface area contributed by atoms with Gasteiger partial charge in [0.1, 0.15) is 5.82 Å². The van der Waals surface area contributed by atoms with Crippen LogP contribution in [0, 0.1) is 18.8 Å². The molecule has 2 aliphatic rings. The summed E-state index contributed by atoms with van der Waals surface area (Å²) in [5, 5.41) is 7.05. The first kappa shape index (κ1) is 7.38. The summed E-state index contributed by atoms with van der Waals surface area (Å²) in [4.78, 5) is 0. The number of nitrogen functional groups attached to an aromatic ring is 1. The number of hydrogen-bond donors (Lipinski definition) is 2. The summed E-state index contributed by atoms with van der Waals surface area (Å²) in [6.07, 6.45) is 0. The van der Waals surface area contributed by atoms with E-state index in [9.17, 15) is 0 Å². The number of nitrogens with zero attached hydrogens (tertiary/aromatic N) is 1. The third kappa shape index (κ3) is 0.864. The lowest BCUT2D eigenvalue weighted by molar-refractivity contribution is 0.159. The zero-order valence-electron chi connectivity index (χ0n) is 7.58. The lowest BCUT2D eigenvalue weighted by atomic mass is 10.1. The van der Waals surface area contributed by atoms with E-state index in [0.717, 1.165) is 30.6 Å². The molecule has 0 amide bonds. The summed E-state index contributed by atoms with van der Waals surface area (Å²) < 4.78 is 5.34. The molecule has 1 aromatic rings. The number of rotatable bonds is 1. The minimum Gasteiger partial charge on any atom is -0.382 e. The number of nitrogens with two attached hydrogens (primary N) is 1. The van der Waals surface area contributed by atoms with E-state index >= 15 is 0 Å². The van der Waals surface area contributed by atoms with Gasteiger partial charge in [0.25, 0.3) is 0 Å². The number of anilines is 1. The third-order valence-corrected chi connectivity index (χ3v) is 3.37. The molecule has 2 heterocycles. The largest absolute Gasteiger partial charge is 0.382 e. The van der Waals surface area contributed by atoms with Crippen LogP contribution in [0.2, 0.25) is 0 Å². The SMILES string of the molecule is Cc1c(N)n[nH]c1C1C2COCC21. The average Bonchev–Trinajstić information content (AvgIpc) is 2.49. The molecule has 1 saturated carbocycles. The highest BCUT2D eigenvalue weighted by atomic mass is 16.5. The highest BCUT2D eigenvalue weighted by Gasteiger charge is 2.55. The van der Waals surface area contributed by atoms with E-state index < -0.39 is 0 Å². The van der Waals surface area contributed by atoms with Gasteiger partial charge < -0.3 is 10.5 Å². The van der Waals surface area contributed by atoms with Crippen LogP contribution in [-0.2, 0) is 4.74 Å². The Bertz CT molecular complexity index is 337. The average molecular weight is 179 g/mol. The van der Waals surface area contributed by atoms with E-state index in [0.29, 0.717) is 11.7 Å². The Labute approximate surface area is 76.5 Å². The molecule has 0 bridgehead atoms. The summed E-state index contributed by atoms with van der Waals surface area (Å²) in [5.41, 5.74) is 8.04. The fourth-order valence-electron chi connectivity index (χ4n) is 2.42. The molecule has 4 nitrogen and oxygen atoms in total. The molecule has 70 valence electrons. The van der Waals surface area contributed by atoms with Crippen molar-refractivity contribution in [3.63, 3.8) is 0 Å². The molecule has 3 rings (SSSR count). The molecule has 0 spiro atoms. The lowest BCUT2D eigenvalue weighted by Crippen LogP contribution is -1.98. The maximum Gasteiger partial charge on any atom is 0.148 e. The van der Waals surface area contributed by atoms with Crippen LogP contribution >= 0.6 is 0 Å². The zero-order valence-corrected chi connectivity index (χ0v) is 7.58. The van der Waals surface area contributed by atoms with Crippen LogP contribution in [0.5, 0.6) is 0 Å². The second kappa shape index (κ2) is 2.26. The van der Waals surface area contributed by atoms with Gasteiger partial charge in [0.05, 0.1) is 13.2 Å². The number of aromatic amines is 1. The van der Waals surface area contributed by atoms with Crippen LogP contribution in [0.25, 0.3) is 0 Å². The monoisotopic (exact) mass is 179 g/mol. The number of ether oxygens (including phenoxy) is 1. The van der Waals surface area contributed by atoms with Gasteiger partial charge >= 0.3 is 0 Å². The van der Waals surface area contributed by atoms with Gasteiger partial charge in [-0.15, -0.1) is 0 Å². The first-order chi connectivity index (χ1) is 6.29. The van der Waals surface area contributed by atoms with Gasteiger partial charge in [0, 0.05) is 17.2 Å². The first-order valence-electron chi connectivity index (χ1n) is 4.67. The normalized spacial score (nSPS) is 36.2. The molecular weight excluding hydrogens is 166 g/mol. The molecule has 2 fully saturated rings. The summed E-state index contributed by atoms with van der Waals surface area (Å²) in [7, 11) is 0. The van der Waals surface area contributed by atoms with Crippen LogP contribution < -0.4 is 5.73 Å². The van der Waals surface area contributed by atoms with Crippen molar-refractivity contribution >= 4 is 5.82 Å². The Morgan fingerprint density at radius 2 is 2.15 bits per heavy atom. The standard InChI is InChI=1S/C9H13N3O/c1-4-8(11-12-9(4)10)7-5-2-13-3-6(5)7/h5-7H,2-3H2,1H3,(H3,10,11,12). The Hall–Kier alpha value is -1.03. The Kier molecular flexibility index (Phi) is 1.28. The van der Waals surface area contributed by atoms with Gasteiger partial charge in [0.15, 0.2) is 0 Å². The first-order valence-corrected chi connectivity index (χ1v) is 4.67.